The molecule has 0 saturated carbocycles. The summed E-state index contributed by atoms with van der Waals surface area (Å²) in [6.07, 6.45) is 3.23. The molecule has 25 heavy (non-hydrogen) atoms. The molecule has 1 amide bonds. The lowest BCUT2D eigenvalue weighted by atomic mass is 10.1. The van der Waals surface area contributed by atoms with Crippen LogP contribution < -0.4 is 10.9 Å². The van der Waals surface area contributed by atoms with Gasteiger partial charge in [0.2, 0.25) is 0 Å². The van der Waals surface area contributed by atoms with Crippen LogP contribution in [0.3, 0.4) is 0 Å². The van der Waals surface area contributed by atoms with E-state index in [-0.39, 0.29) is 5.91 Å². The number of para-hydroxylation sites is 1. The van der Waals surface area contributed by atoms with E-state index in [0.29, 0.717) is 11.5 Å². The first-order chi connectivity index (χ1) is 12.1. The van der Waals surface area contributed by atoms with Crippen LogP contribution in [0.4, 0.5) is 5.82 Å². The number of anilines is 1. The van der Waals surface area contributed by atoms with Gasteiger partial charge in [-0.25, -0.2) is 9.97 Å². The van der Waals surface area contributed by atoms with Gasteiger partial charge in [0.05, 0.1) is 23.4 Å². The lowest BCUT2D eigenvalue weighted by Crippen LogP contribution is -2.30. The van der Waals surface area contributed by atoms with Crippen molar-refractivity contribution in [2.75, 3.05) is 5.43 Å². The van der Waals surface area contributed by atoms with Crippen LogP contribution in [-0.4, -0.2) is 26.1 Å². The van der Waals surface area contributed by atoms with Crippen LogP contribution in [-0.2, 0) is 0 Å². The van der Waals surface area contributed by atoms with Gasteiger partial charge in [-0.2, -0.15) is 5.10 Å². The number of aromatic nitrogens is 4. The van der Waals surface area contributed by atoms with Crippen LogP contribution in [0.25, 0.3) is 21.8 Å². The Morgan fingerprint density at radius 2 is 2.00 bits per heavy atom. The summed E-state index contributed by atoms with van der Waals surface area (Å²) < 4.78 is 0. The van der Waals surface area contributed by atoms with Crippen molar-refractivity contribution in [1.29, 1.82) is 0 Å². The Balaban J connectivity index is 1.57. The Bertz CT molecular complexity index is 1100. The molecule has 1 aromatic carbocycles. The van der Waals surface area contributed by atoms with Crippen LogP contribution >= 0.6 is 0 Å². The van der Waals surface area contributed by atoms with Gasteiger partial charge in [0.25, 0.3) is 5.91 Å². The largest absolute Gasteiger partial charge is 0.288 e. The number of nitrogens with zero attached hydrogens (tertiary/aromatic N) is 3. The van der Waals surface area contributed by atoms with Crippen LogP contribution in [0.1, 0.15) is 21.6 Å². The summed E-state index contributed by atoms with van der Waals surface area (Å²) in [6.45, 7) is 4.03. The van der Waals surface area contributed by atoms with E-state index in [1.165, 1.54) is 0 Å². The number of amides is 1. The minimum absolute atomic E-state index is 0.301. The molecule has 0 atom stereocenters. The quantitative estimate of drug-likeness (QED) is 0.501. The van der Waals surface area contributed by atoms with Gasteiger partial charge in [-0.1, -0.05) is 18.2 Å². The maximum Gasteiger partial charge on any atom is 0.288 e. The van der Waals surface area contributed by atoms with E-state index in [2.05, 4.69) is 31.0 Å². The van der Waals surface area contributed by atoms with Gasteiger partial charge in [-0.3, -0.25) is 20.7 Å². The molecule has 0 radical (unpaired) electrons. The van der Waals surface area contributed by atoms with E-state index in [0.717, 1.165) is 32.9 Å². The lowest BCUT2D eigenvalue weighted by molar-refractivity contribution is 0.0958. The fourth-order valence-corrected chi connectivity index (χ4v) is 2.78. The Hall–Kier alpha value is -3.48. The summed E-state index contributed by atoms with van der Waals surface area (Å²) in [6, 6.07) is 9.64. The summed E-state index contributed by atoms with van der Waals surface area (Å²) in [5, 5.41) is 8.65. The normalized spacial score (nSPS) is 11.0. The minimum atomic E-state index is -0.340. The monoisotopic (exact) mass is 332 g/mol. The third kappa shape index (κ3) is 2.76. The molecule has 0 fully saturated rings. The van der Waals surface area contributed by atoms with E-state index >= 15 is 0 Å². The van der Waals surface area contributed by atoms with E-state index in [9.17, 15) is 4.79 Å². The van der Waals surface area contributed by atoms with Crippen molar-refractivity contribution in [2.45, 2.75) is 13.8 Å². The zero-order chi connectivity index (χ0) is 17.4. The molecule has 0 spiro atoms. The van der Waals surface area contributed by atoms with Gasteiger partial charge in [0, 0.05) is 10.8 Å². The molecule has 0 aliphatic rings. The number of pyridine rings is 2. The number of aromatic amines is 1. The second-order valence-electron chi connectivity index (χ2n) is 5.90. The highest BCUT2D eigenvalue weighted by Gasteiger charge is 2.10. The number of hydrogen-bond donors (Lipinski definition) is 3. The fourth-order valence-electron chi connectivity index (χ4n) is 2.78. The second kappa shape index (κ2) is 5.86. The Labute approximate surface area is 143 Å². The summed E-state index contributed by atoms with van der Waals surface area (Å²) in [7, 11) is 0. The third-order valence-corrected chi connectivity index (χ3v) is 4.11. The lowest BCUT2D eigenvalue weighted by Gasteiger charge is -2.11. The van der Waals surface area contributed by atoms with Crippen molar-refractivity contribution in [3.63, 3.8) is 0 Å². The molecular weight excluding hydrogens is 316 g/mol. The van der Waals surface area contributed by atoms with Crippen LogP contribution in [0.2, 0.25) is 0 Å². The molecule has 4 aromatic rings. The minimum Gasteiger partial charge on any atom is -0.282 e. The summed E-state index contributed by atoms with van der Waals surface area (Å²) >= 11 is 0. The number of carbonyl (C=O) groups is 1. The molecule has 7 heteroatoms. The Kier molecular flexibility index (Phi) is 3.53. The average Bonchev–Trinajstić information content (AvgIpc) is 3.08. The number of fused-ring (bicyclic) bond motifs is 2. The van der Waals surface area contributed by atoms with Crippen molar-refractivity contribution in [3.05, 3.63) is 59.5 Å². The van der Waals surface area contributed by atoms with Crippen molar-refractivity contribution >= 4 is 33.5 Å². The second-order valence-corrected chi connectivity index (χ2v) is 5.90. The molecule has 4 rings (SSSR count). The SMILES string of the molecule is Cc1cc(NNC(=O)c2cc3cn[nH]c3cn2)nc2c(C)cccc12. The fraction of sp³-hybridized carbons (Fsp3) is 0.111. The van der Waals surface area contributed by atoms with Crippen molar-refractivity contribution in [2.24, 2.45) is 0 Å². The molecule has 3 heterocycles. The van der Waals surface area contributed by atoms with Crippen molar-refractivity contribution in [1.82, 2.24) is 25.6 Å². The van der Waals surface area contributed by atoms with E-state index in [1.54, 1.807) is 18.5 Å². The van der Waals surface area contributed by atoms with Crippen molar-refractivity contribution < 1.29 is 4.79 Å². The average molecular weight is 332 g/mol. The number of aryl methyl sites for hydroxylation is 2. The third-order valence-electron chi connectivity index (χ3n) is 4.11. The van der Waals surface area contributed by atoms with Crippen LogP contribution in [0, 0.1) is 13.8 Å². The maximum absolute atomic E-state index is 12.3. The number of hydrogen-bond acceptors (Lipinski definition) is 5. The van der Waals surface area contributed by atoms with Gasteiger partial charge in [-0.15, -0.1) is 0 Å². The molecule has 124 valence electrons. The van der Waals surface area contributed by atoms with E-state index < -0.39 is 0 Å². The number of nitrogens with one attached hydrogen (secondary N) is 3. The van der Waals surface area contributed by atoms with Gasteiger partial charge < -0.3 is 0 Å². The molecule has 0 unspecified atom stereocenters. The van der Waals surface area contributed by atoms with Gasteiger partial charge in [-0.05, 0) is 37.1 Å². The number of benzene rings is 1. The maximum atomic E-state index is 12.3. The molecule has 0 saturated heterocycles. The smallest absolute Gasteiger partial charge is 0.282 e. The van der Waals surface area contributed by atoms with Gasteiger partial charge in [0.15, 0.2) is 0 Å². The number of hydrazine groups is 1. The highest BCUT2D eigenvalue weighted by molar-refractivity contribution is 5.96. The van der Waals surface area contributed by atoms with Crippen LogP contribution in [0.5, 0.6) is 0 Å². The first-order valence-electron chi connectivity index (χ1n) is 7.84. The standard InChI is InChI=1S/C18H16N6O/c1-10-4-3-5-13-11(2)6-16(21-17(10)13)23-24-18(25)14-7-12-8-20-22-15(12)9-19-14/h3-9H,1-2H3,(H,20,22)(H,21,23)(H,24,25). The molecule has 7 nitrogen and oxygen atoms in total. The number of carbonyl (C=O) groups excluding carboxylic acids is 1. The molecule has 0 aliphatic heterocycles. The van der Waals surface area contributed by atoms with E-state index in [1.807, 2.05) is 38.1 Å². The molecule has 0 bridgehead atoms. The molecule has 3 N–H and O–H groups in total. The first kappa shape index (κ1) is 15.1. The number of H-pyrrole nitrogens is 1. The summed E-state index contributed by atoms with van der Waals surface area (Å²) in [4.78, 5) is 21.0. The highest BCUT2D eigenvalue weighted by Crippen LogP contribution is 2.22. The Morgan fingerprint density at radius 3 is 2.88 bits per heavy atom. The molecule has 0 aliphatic carbocycles. The molecular formula is C18H16N6O. The highest BCUT2D eigenvalue weighted by atomic mass is 16.2. The first-order valence-corrected chi connectivity index (χ1v) is 7.84. The van der Waals surface area contributed by atoms with Crippen LogP contribution in [0.15, 0.2) is 42.7 Å². The van der Waals surface area contributed by atoms with Crippen molar-refractivity contribution in [3.8, 4) is 0 Å². The molecule has 3 aromatic heterocycles. The topological polar surface area (TPSA) is 95.6 Å². The van der Waals surface area contributed by atoms with Gasteiger partial charge in [0.1, 0.15) is 11.5 Å². The van der Waals surface area contributed by atoms with Gasteiger partial charge >= 0.3 is 0 Å². The predicted molar refractivity (Wildman–Crippen MR) is 96.2 cm³/mol. The summed E-state index contributed by atoms with van der Waals surface area (Å²) in [5.41, 5.74) is 9.68. The predicted octanol–water partition coefficient (Wildman–Crippen LogP) is 2.88. The zero-order valence-electron chi connectivity index (χ0n) is 13.8. The zero-order valence-corrected chi connectivity index (χ0v) is 13.8. The Morgan fingerprint density at radius 1 is 1.12 bits per heavy atom. The summed E-state index contributed by atoms with van der Waals surface area (Å²) in [5.74, 6) is 0.240. The van der Waals surface area contributed by atoms with E-state index in [4.69, 9.17) is 0 Å². The number of rotatable bonds is 3.